The average Bonchev–Trinajstić information content (AvgIpc) is 3.11. The average molecular weight is 386 g/mol. The molecule has 1 fully saturated rings. The molecule has 148 valence electrons. The van der Waals surface area contributed by atoms with Gasteiger partial charge in [0, 0.05) is 30.6 Å². The van der Waals surface area contributed by atoms with Crippen molar-refractivity contribution in [2.24, 2.45) is 0 Å². The van der Waals surface area contributed by atoms with Crippen molar-refractivity contribution in [2.75, 3.05) is 11.9 Å². The molecule has 2 heterocycles. The molecule has 1 saturated heterocycles. The fourth-order valence-electron chi connectivity index (χ4n) is 3.21. The lowest BCUT2D eigenvalue weighted by atomic mass is 10.0. The zero-order valence-electron chi connectivity index (χ0n) is 15.6. The summed E-state index contributed by atoms with van der Waals surface area (Å²) in [5, 5.41) is 15.8. The molecular weight excluding hydrogens is 364 g/mol. The van der Waals surface area contributed by atoms with Crippen LogP contribution in [-0.2, 0) is 16.0 Å². The Kier molecular flexibility index (Phi) is 6.03. The van der Waals surface area contributed by atoms with Gasteiger partial charge in [0.05, 0.1) is 0 Å². The quantitative estimate of drug-likeness (QED) is 0.778. The van der Waals surface area contributed by atoms with E-state index in [1.807, 2.05) is 0 Å². The van der Waals surface area contributed by atoms with Crippen molar-refractivity contribution >= 4 is 23.5 Å². The van der Waals surface area contributed by atoms with Gasteiger partial charge in [-0.05, 0) is 44.4 Å². The molecule has 2 N–H and O–H groups in total. The normalized spacial score (nSPS) is 16.6. The first-order chi connectivity index (χ1) is 13.4. The van der Waals surface area contributed by atoms with Crippen LogP contribution >= 0.6 is 0 Å². The van der Waals surface area contributed by atoms with Gasteiger partial charge in [-0.1, -0.05) is 11.2 Å². The number of carboxylic acid groups (broad SMARTS) is 1. The Bertz CT molecular complexity index is 879. The standard InChI is InChI=1S/C19H22N4O5/c1-12-20-17(28-22-12)9-8-16(24)21-14-6-4-5-13(11-14)18(25)23-10-3-2-7-15(23)19(26)27/h4-6,11,15H,2-3,7-10H2,1H3,(H,21,24)(H,26,27). The van der Waals surface area contributed by atoms with Crippen LogP contribution in [0.2, 0.25) is 0 Å². The number of hydrogen-bond acceptors (Lipinski definition) is 6. The highest BCUT2D eigenvalue weighted by atomic mass is 16.5. The van der Waals surface area contributed by atoms with Gasteiger partial charge in [0.1, 0.15) is 6.04 Å². The maximum atomic E-state index is 12.8. The maximum absolute atomic E-state index is 12.8. The minimum absolute atomic E-state index is 0.160. The molecule has 1 aliphatic heterocycles. The molecule has 2 amide bonds. The van der Waals surface area contributed by atoms with Gasteiger partial charge >= 0.3 is 5.97 Å². The first-order valence-electron chi connectivity index (χ1n) is 9.17. The third kappa shape index (κ3) is 4.73. The number of nitrogens with zero attached hydrogens (tertiary/aromatic N) is 3. The number of aryl methyl sites for hydroxylation is 2. The smallest absolute Gasteiger partial charge is 0.326 e. The molecule has 28 heavy (non-hydrogen) atoms. The van der Waals surface area contributed by atoms with E-state index in [0.29, 0.717) is 42.4 Å². The summed E-state index contributed by atoms with van der Waals surface area (Å²) in [5.74, 6) is -0.680. The van der Waals surface area contributed by atoms with Crippen LogP contribution in [0.15, 0.2) is 28.8 Å². The molecule has 0 radical (unpaired) electrons. The number of aliphatic carboxylic acids is 1. The highest BCUT2D eigenvalue weighted by Crippen LogP contribution is 2.21. The van der Waals surface area contributed by atoms with Crippen molar-refractivity contribution in [3.8, 4) is 0 Å². The minimum Gasteiger partial charge on any atom is -0.480 e. The van der Waals surface area contributed by atoms with Crippen LogP contribution in [0.4, 0.5) is 5.69 Å². The molecule has 1 aromatic heterocycles. The predicted octanol–water partition coefficient (Wildman–Crippen LogP) is 2.03. The topological polar surface area (TPSA) is 126 Å². The summed E-state index contributed by atoms with van der Waals surface area (Å²) in [4.78, 5) is 41.8. The van der Waals surface area contributed by atoms with Gasteiger partial charge in [-0.2, -0.15) is 4.98 Å². The second kappa shape index (κ2) is 8.64. The predicted molar refractivity (Wildman–Crippen MR) is 98.7 cm³/mol. The van der Waals surface area contributed by atoms with E-state index in [4.69, 9.17) is 4.52 Å². The summed E-state index contributed by atoms with van der Waals surface area (Å²) in [6.07, 6.45) is 2.50. The van der Waals surface area contributed by atoms with E-state index < -0.39 is 12.0 Å². The first-order valence-corrected chi connectivity index (χ1v) is 9.17. The summed E-state index contributed by atoms with van der Waals surface area (Å²) in [5.41, 5.74) is 0.819. The van der Waals surface area contributed by atoms with Gasteiger partial charge in [-0.25, -0.2) is 4.79 Å². The number of carboxylic acids is 1. The van der Waals surface area contributed by atoms with Gasteiger partial charge in [0.2, 0.25) is 11.8 Å². The van der Waals surface area contributed by atoms with E-state index in [2.05, 4.69) is 15.5 Å². The molecule has 0 spiro atoms. The largest absolute Gasteiger partial charge is 0.480 e. The molecule has 3 rings (SSSR count). The molecule has 9 nitrogen and oxygen atoms in total. The lowest BCUT2D eigenvalue weighted by Gasteiger charge is -2.33. The lowest BCUT2D eigenvalue weighted by Crippen LogP contribution is -2.48. The van der Waals surface area contributed by atoms with Gasteiger partial charge in [0.25, 0.3) is 5.91 Å². The van der Waals surface area contributed by atoms with Crippen molar-refractivity contribution in [1.29, 1.82) is 0 Å². The van der Waals surface area contributed by atoms with Gasteiger partial charge in [-0.15, -0.1) is 0 Å². The number of piperidine rings is 1. The SMILES string of the molecule is Cc1noc(CCC(=O)Nc2cccc(C(=O)N3CCCCC3C(=O)O)c2)n1. The summed E-state index contributed by atoms with van der Waals surface area (Å²) >= 11 is 0. The number of carbonyl (C=O) groups is 3. The number of carbonyl (C=O) groups excluding carboxylic acids is 2. The number of rotatable bonds is 6. The molecule has 1 aliphatic rings. The number of amides is 2. The van der Waals surface area contributed by atoms with Crippen LogP contribution in [0.5, 0.6) is 0 Å². The van der Waals surface area contributed by atoms with E-state index in [9.17, 15) is 19.5 Å². The van der Waals surface area contributed by atoms with E-state index in [0.717, 1.165) is 12.8 Å². The third-order valence-electron chi connectivity index (χ3n) is 4.58. The molecule has 1 atom stereocenters. The maximum Gasteiger partial charge on any atom is 0.326 e. The van der Waals surface area contributed by atoms with Crippen LogP contribution < -0.4 is 5.32 Å². The van der Waals surface area contributed by atoms with E-state index in [-0.39, 0.29) is 18.2 Å². The summed E-state index contributed by atoms with van der Waals surface area (Å²) in [6.45, 7) is 2.11. The van der Waals surface area contributed by atoms with Gasteiger partial charge in [-0.3, -0.25) is 9.59 Å². The molecule has 2 aromatic rings. The van der Waals surface area contributed by atoms with Crippen molar-refractivity contribution < 1.29 is 24.0 Å². The number of nitrogens with one attached hydrogen (secondary N) is 1. The van der Waals surface area contributed by atoms with Crippen LogP contribution in [0, 0.1) is 6.92 Å². The van der Waals surface area contributed by atoms with Crippen LogP contribution in [0.3, 0.4) is 0 Å². The highest BCUT2D eigenvalue weighted by Gasteiger charge is 2.32. The number of hydrogen-bond donors (Lipinski definition) is 2. The Morgan fingerprint density at radius 2 is 2.14 bits per heavy atom. The second-order valence-electron chi connectivity index (χ2n) is 6.71. The van der Waals surface area contributed by atoms with E-state index >= 15 is 0 Å². The molecule has 0 saturated carbocycles. The van der Waals surface area contributed by atoms with Crippen LogP contribution in [-0.4, -0.2) is 50.5 Å². The molecule has 9 heteroatoms. The minimum atomic E-state index is -0.992. The molecule has 0 aliphatic carbocycles. The van der Waals surface area contributed by atoms with Crippen molar-refractivity contribution in [3.05, 3.63) is 41.5 Å². The Morgan fingerprint density at radius 1 is 1.32 bits per heavy atom. The number of benzene rings is 1. The Hall–Kier alpha value is -3.23. The Morgan fingerprint density at radius 3 is 2.86 bits per heavy atom. The second-order valence-corrected chi connectivity index (χ2v) is 6.71. The van der Waals surface area contributed by atoms with Gasteiger partial charge < -0.3 is 19.8 Å². The van der Waals surface area contributed by atoms with Crippen molar-refractivity contribution in [1.82, 2.24) is 15.0 Å². The van der Waals surface area contributed by atoms with Gasteiger partial charge in [0.15, 0.2) is 5.82 Å². The molecular formula is C19H22N4O5. The lowest BCUT2D eigenvalue weighted by molar-refractivity contribution is -0.143. The highest BCUT2D eigenvalue weighted by molar-refractivity contribution is 5.99. The van der Waals surface area contributed by atoms with Crippen molar-refractivity contribution in [2.45, 2.75) is 45.1 Å². The number of anilines is 1. The monoisotopic (exact) mass is 386 g/mol. The number of aromatic nitrogens is 2. The third-order valence-corrected chi connectivity index (χ3v) is 4.58. The summed E-state index contributed by atoms with van der Waals surface area (Å²) in [7, 11) is 0. The van der Waals surface area contributed by atoms with E-state index in [1.165, 1.54) is 4.90 Å². The zero-order valence-corrected chi connectivity index (χ0v) is 15.6. The first kappa shape index (κ1) is 19.5. The fourth-order valence-corrected chi connectivity index (χ4v) is 3.21. The molecule has 1 unspecified atom stereocenters. The Labute approximate surface area is 161 Å². The molecule has 0 bridgehead atoms. The summed E-state index contributed by atoms with van der Waals surface area (Å²) < 4.78 is 4.97. The zero-order chi connectivity index (χ0) is 20.1. The van der Waals surface area contributed by atoms with E-state index in [1.54, 1.807) is 31.2 Å². The van der Waals surface area contributed by atoms with Crippen molar-refractivity contribution in [3.63, 3.8) is 0 Å². The van der Waals surface area contributed by atoms with Crippen LogP contribution in [0.25, 0.3) is 0 Å². The van der Waals surface area contributed by atoms with Crippen LogP contribution in [0.1, 0.15) is 47.8 Å². The Balaban J connectivity index is 1.63. The number of likely N-dealkylation sites (tertiary alicyclic amines) is 1. The summed E-state index contributed by atoms with van der Waals surface area (Å²) in [6, 6.07) is 5.70. The fraction of sp³-hybridized carbons (Fsp3) is 0.421. The molecule has 1 aromatic carbocycles.